The van der Waals surface area contributed by atoms with Gasteiger partial charge in [-0.25, -0.2) is 0 Å². The molecule has 0 saturated carbocycles. The second kappa shape index (κ2) is 17.1. The summed E-state index contributed by atoms with van der Waals surface area (Å²) in [5, 5.41) is 10.6. The van der Waals surface area contributed by atoms with Gasteiger partial charge in [-0.05, 0) is 113 Å². The fraction of sp³-hybridized carbons (Fsp3) is 0.325. The quantitative estimate of drug-likeness (QED) is 0.102. The van der Waals surface area contributed by atoms with Gasteiger partial charge in [-0.15, -0.1) is 0 Å². The molecule has 0 spiro atoms. The third kappa shape index (κ3) is 10.8. The molecule has 0 amide bonds. The molecule has 0 aromatic heterocycles. The van der Waals surface area contributed by atoms with Crippen LogP contribution in [0.4, 0.5) is 0 Å². The normalized spacial score (nSPS) is 14.8. The maximum absolute atomic E-state index is 4.81. The van der Waals surface area contributed by atoms with E-state index in [-0.39, 0.29) is 6.04 Å². The number of benzene rings is 1. The Hall–Kier alpha value is -4.31. The Bertz CT molecular complexity index is 1460. The van der Waals surface area contributed by atoms with E-state index in [4.69, 9.17) is 4.99 Å². The van der Waals surface area contributed by atoms with Crippen molar-refractivity contribution in [3.05, 3.63) is 149 Å². The minimum Gasteiger partial charge on any atom is -0.381 e. The van der Waals surface area contributed by atoms with Gasteiger partial charge in [-0.3, -0.25) is 4.99 Å². The molecule has 0 fully saturated rings. The minimum atomic E-state index is 0.0341. The SMILES string of the molecule is C=C/C(=C\C1=C(C)CCC(=C)N1)CNC(=C)/C(=C/C(=NC(=C)C)C(=C)NC(C)c1ccc(C=C)cc1CC)CC(C)=C(C)C. The van der Waals surface area contributed by atoms with E-state index in [1.54, 1.807) is 0 Å². The molecule has 1 aromatic carbocycles. The van der Waals surface area contributed by atoms with E-state index >= 15 is 0 Å². The zero-order valence-corrected chi connectivity index (χ0v) is 28.3. The van der Waals surface area contributed by atoms with Gasteiger partial charge in [0.2, 0.25) is 0 Å². The highest BCUT2D eigenvalue weighted by atomic mass is 14.9. The topological polar surface area (TPSA) is 48.5 Å². The Balaban J connectivity index is 2.40. The minimum absolute atomic E-state index is 0.0341. The van der Waals surface area contributed by atoms with Crippen LogP contribution >= 0.6 is 0 Å². The Morgan fingerprint density at radius 2 is 1.77 bits per heavy atom. The van der Waals surface area contributed by atoms with E-state index in [1.807, 2.05) is 19.1 Å². The molecule has 1 unspecified atom stereocenters. The van der Waals surface area contributed by atoms with Crippen LogP contribution in [-0.2, 0) is 6.42 Å². The van der Waals surface area contributed by atoms with E-state index < -0.39 is 0 Å². The van der Waals surface area contributed by atoms with E-state index in [0.29, 0.717) is 12.2 Å². The van der Waals surface area contributed by atoms with Crippen molar-refractivity contribution >= 4 is 11.8 Å². The zero-order valence-electron chi connectivity index (χ0n) is 28.3. The van der Waals surface area contributed by atoms with E-state index in [0.717, 1.165) is 70.9 Å². The number of rotatable bonds is 16. The number of aliphatic imine (C=N–C) groups is 1. The van der Waals surface area contributed by atoms with Gasteiger partial charge in [0.25, 0.3) is 0 Å². The average Bonchev–Trinajstić information content (AvgIpc) is 2.98. The van der Waals surface area contributed by atoms with Gasteiger partial charge < -0.3 is 16.0 Å². The summed E-state index contributed by atoms with van der Waals surface area (Å²) < 4.78 is 0. The Morgan fingerprint density at radius 3 is 2.36 bits per heavy atom. The lowest BCUT2D eigenvalue weighted by Crippen LogP contribution is -2.24. The summed E-state index contributed by atoms with van der Waals surface area (Å²) in [5.41, 5.74) is 14.7. The summed E-state index contributed by atoms with van der Waals surface area (Å²) in [6.07, 6.45) is 11.6. The van der Waals surface area contributed by atoms with Crippen LogP contribution in [0.3, 0.4) is 0 Å². The molecule has 0 radical (unpaired) electrons. The molecule has 1 aromatic rings. The van der Waals surface area contributed by atoms with Gasteiger partial charge in [0.15, 0.2) is 0 Å². The van der Waals surface area contributed by atoms with Crippen LogP contribution in [0.1, 0.15) is 90.5 Å². The maximum atomic E-state index is 4.81. The van der Waals surface area contributed by atoms with Crippen molar-refractivity contribution < 1.29 is 0 Å². The van der Waals surface area contributed by atoms with Crippen LogP contribution in [0.15, 0.2) is 137 Å². The zero-order chi connectivity index (χ0) is 33.0. The van der Waals surface area contributed by atoms with Crippen molar-refractivity contribution in [1.29, 1.82) is 0 Å². The maximum Gasteiger partial charge on any atom is 0.0861 e. The molecule has 0 aliphatic carbocycles. The smallest absolute Gasteiger partial charge is 0.0861 e. The monoisotopic (exact) mass is 590 g/mol. The van der Waals surface area contributed by atoms with Crippen molar-refractivity contribution in [3.8, 4) is 0 Å². The van der Waals surface area contributed by atoms with Gasteiger partial charge in [-0.1, -0.05) is 87.9 Å². The number of hydrogen-bond donors (Lipinski definition) is 3. The molecule has 4 nitrogen and oxygen atoms in total. The summed E-state index contributed by atoms with van der Waals surface area (Å²) in [6.45, 7) is 40.4. The predicted molar refractivity (Wildman–Crippen MR) is 195 cm³/mol. The summed E-state index contributed by atoms with van der Waals surface area (Å²) >= 11 is 0. The van der Waals surface area contributed by atoms with Crippen molar-refractivity contribution in [2.45, 2.75) is 80.2 Å². The van der Waals surface area contributed by atoms with E-state index in [9.17, 15) is 0 Å². The highest BCUT2D eigenvalue weighted by Gasteiger charge is 2.15. The van der Waals surface area contributed by atoms with Crippen molar-refractivity contribution in [2.24, 2.45) is 4.99 Å². The van der Waals surface area contributed by atoms with Crippen molar-refractivity contribution in [1.82, 2.24) is 16.0 Å². The molecule has 1 atom stereocenters. The number of nitrogens with one attached hydrogen (secondary N) is 3. The first-order valence-electron chi connectivity index (χ1n) is 15.5. The molecule has 1 heterocycles. The van der Waals surface area contributed by atoms with Crippen LogP contribution in [0.25, 0.3) is 6.08 Å². The molecule has 0 saturated heterocycles. The first-order valence-corrected chi connectivity index (χ1v) is 15.5. The molecule has 234 valence electrons. The molecule has 1 aliphatic heterocycles. The highest BCUT2D eigenvalue weighted by molar-refractivity contribution is 6.08. The summed E-state index contributed by atoms with van der Waals surface area (Å²) in [6, 6.07) is 6.51. The van der Waals surface area contributed by atoms with Crippen LogP contribution in [-0.4, -0.2) is 12.3 Å². The molecule has 0 bridgehead atoms. The second-order valence-electron chi connectivity index (χ2n) is 11.9. The summed E-state index contributed by atoms with van der Waals surface area (Å²) in [5.74, 6) is 0. The van der Waals surface area contributed by atoms with Gasteiger partial charge in [-0.2, -0.15) is 0 Å². The fourth-order valence-corrected chi connectivity index (χ4v) is 4.84. The first kappa shape index (κ1) is 35.9. The molecule has 2 rings (SSSR count). The van der Waals surface area contributed by atoms with Crippen molar-refractivity contribution in [3.63, 3.8) is 0 Å². The van der Waals surface area contributed by atoms with Gasteiger partial charge in [0.05, 0.1) is 11.4 Å². The molecule has 3 N–H and O–H groups in total. The fourth-order valence-electron chi connectivity index (χ4n) is 4.84. The lowest BCUT2D eigenvalue weighted by molar-refractivity contribution is 0.665. The van der Waals surface area contributed by atoms with Crippen LogP contribution in [0.5, 0.6) is 0 Å². The predicted octanol–water partition coefficient (Wildman–Crippen LogP) is 10.1. The number of allylic oxidation sites excluding steroid dienone is 8. The number of hydrogen-bond acceptors (Lipinski definition) is 4. The third-order valence-electron chi connectivity index (χ3n) is 7.94. The summed E-state index contributed by atoms with van der Waals surface area (Å²) in [4.78, 5) is 4.81. The number of aryl methyl sites for hydroxylation is 1. The molecular weight excluding hydrogens is 536 g/mol. The van der Waals surface area contributed by atoms with Crippen LogP contribution in [0.2, 0.25) is 0 Å². The first-order chi connectivity index (χ1) is 20.8. The molecule has 4 heteroatoms. The lowest BCUT2D eigenvalue weighted by atomic mass is 9.96. The van der Waals surface area contributed by atoms with E-state index in [1.165, 1.54) is 27.8 Å². The van der Waals surface area contributed by atoms with Crippen LogP contribution in [0, 0.1) is 0 Å². The largest absolute Gasteiger partial charge is 0.381 e. The third-order valence-corrected chi connectivity index (χ3v) is 7.94. The Kier molecular flexibility index (Phi) is 13.9. The number of nitrogens with zero attached hydrogens (tertiary/aromatic N) is 1. The molecular formula is C40H54N4. The van der Waals surface area contributed by atoms with Gasteiger partial charge in [0.1, 0.15) is 0 Å². The lowest BCUT2D eigenvalue weighted by Gasteiger charge is -2.22. The van der Waals surface area contributed by atoms with Gasteiger partial charge in [0, 0.05) is 35.4 Å². The van der Waals surface area contributed by atoms with Gasteiger partial charge >= 0.3 is 0 Å². The standard InChI is InChI=1S/C40H54N4/c1-14-34-19-20-38(36(16-3)22-34)32(12)44-33(13)40(42-27(6)7)24-37(21-29(9)26(4)5)31(11)41-25-35(15-2)23-39-28(8)17-18-30(10)43-39/h14-15,19-20,22-24,32,41,43-44H,1-2,6,10-11,13,16-18,21,25H2,3-5,7-9,12H3/b35-23+,37-24+,42-40?. The Labute approximate surface area is 267 Å². The highest BCUT2D eigenvalue weighted by Crippen LogP contribution is 2.25. The van der Waals surface area contributed by atoms with Crippen molar-refractivity contribution in [2.75, 3.05) is 6.54 Å². The molecule has 44 heavy (non-hydrogen) atoms. The Morgan fingerprint density at radius 1 is 1.07 bits per heavy atom. The molecule has 1 aliphatic rings. The van der Waals surface area contributed by atoms with E-state index in [2.05, 4.69) is 127 Å². The van der Waals surface area contributed by atoms with Crippen LogP contribution < -0.4 is 16.0 Å². The summed E-state index contributed by atoms with van der Waals surface area (Å²) in [7, 11) is 0. The second-order valence-corrected chi connectivity index (χ2v) is 11.9. The average molecular weight is 591 g/mol.